The number of nitrogens with one attached hydrogen (secondary N) is 1. The van der Waals surface area contributed by atoms with Crippen LogP contribution in [0.4, 0.5) is 5.69 Å². The predicted molar refractivity (Wildman–Crippen MR) is 126 cm³/mol. The Bertz CT molecular complexity index is 1410. The van der Waals surface area contributed by atoms with Crippen molar-refractivity contribution >= 4 is 44.1 Å². The third kappa shape index (κ3) is 3.62. The first kappa shape index (κ1) is 19.2. The Labute approximate surface area is 183 Å². The van der Waals surface area contributed by atoms with Crippen molar-refractivity contribution in [2.45, 2.75) is 6.92 Å². The molecule has 1 amide bonds. The summed E-state index contributed by atoms with van der Waals surface area (Å²) in [6.45, 7) is 1.85. The summed E-state index contributed by atoms with van der Waals surface area (Å²) in [6.07, 6.45) is 0. The van der Waals surface area contributed by atoms with Gasteiger partial charge in [-0.2, -0.15) is 0 Å². The normalized spacial score (nSPS) is 11.0. The number of fused-ring (bicyclic) bond motifs is 2. The SMILES string of the molecule is COc1ccc2nc(C)c(C(=O)Nc3ccccc3-c3nc4ccccc4s3)cc2c1. The molecule has 0 atom stereocenters. The lowest BCUT2D eigenvalue weighted by Crippen LogP contribution is -2.14. The molecule has 6 heteroatoms. The summed E-state index contributed by atoms with van der Waals surface area (Å²) in [5.41, 5.74) is 4.59. The number of nitrogens with zero attached hydrogens (tertiary/aromatic N) is 2. The summed E-state index contributed by atoms with van der Waals surface area (Å²) in [6, 6.07) is 23.2. The van der Waals surface area contributed by atoms with Crippen LogP contribution in [0.25, 0.3) is 31.7 Å². The van der Waals surface area contributed by atoms with Crippen molar-refractivity contribution in [2.75, 3.05) is 12.4 Å². The fourth-order valence-corrected chi connectivity index (χ4v) is 4.57. The first-order chi connectivity index (χ1) is 15.1. The van der Waals surface area contributed by atoms with Gasteiger partial charge in [-0.25, -0.2) is 4.98 Å². The molecule has 152 valence electrons. The quantitative estimate of drug-likeness (QED) is 0.379. The number of hydrogen-bond donors (Lipinski definition) is 1. The maximum Gasteiger partial charge on any atom is 0.257 e. The molecule has 0 aliphatic carbocycles. The highest BCUT2D eigenvalue weighted by Gasteiger charge is 2.16. The zero-order chi connectivity index (χ0) is 21.4. The average Bonchev–Trinajstić information content (AvgIpc) is 3.22. The van der Waals surface area contributed by atoms with Gasteiger partial charge in [-0.05, 0) is 55.5 Å². The number of ether oxygens (including phenoxy) is 1. The Morgan fingerprint density at radius 3 is 2.58 bits per heavy atom. The third-order valence-electron chi connectivity index (χ3n) is 5.16. The van der Waals surface area contributed by atoms with E-state index in [1.165, 1.54) is 0 Å². The number of aryl methyl sites for hydroxylation is 1. The van der Waals surface area contributed by atoms with Crippen LogP contribution in [-0.4, -0.2) is 23.0 Å². The van der Waals surface area contributed by atoms with E-state index in [-0.39, 0.29) is 5.91 Å². The zero-order valence-corrected chi connectivity index (χ0v) is 17.9. The van der Waals surface area contributed by atoms with Gasteiger partial charge in [0.1, 0.15) is 10.8 Å². The molecule has 0 fully saturated rings. The lowest BCUT2D eigenvalue weighted by atomic mass is 10.1. The van der Waals surface area contributed by atoms with Crippen LogP contribution in [0.15, 0.2) is 72.8 Å². The van der Waals surface area contributed by atoms with Gasteiger partial charge in [-0.1, -0.05) is 24.3 Å². The molecule has 31 heavy (non-hydrogen) atoms. The Morgan fingerprint density at radius 2 is 1.74 bits per heavy atom. The van der Waals surface area contributed by atoms with Gasteiger partial charge in [0.2, 0.25) is 0 Å². The smallest absolute Gasteiger partial charge is 0.257 e. The minimum atomic E-state index is -0.205. The van der Waals surface area contributed by atoms with Gasteiger partial charge in [0.25, 0.3) is 5.91 Å². The number of carbonyl (C=O) groups is 1. The lowest BCUT2D eigenvalue weighted by molar-refractivity contribution is 0.102. The first-order valence-corrected chi connectivity index (χ1v) is 10.7. The van der Waals surface area contributed by atoms with Crippen LogP contribution in [0.3, 0.4) is 0 Å². The zero-order valence-electron chi connectivity index (χ0n) is 17.0. The van der Waals surface area contributed by atoms with Crippen LogP contribution in [0.1, 0.15) is 16.1 Å². The molecule has 0 unspecified atom stereocenters. The van der Waals surface area contributed by atoms with E-state index < -0.39 is 0 Å². The van der Waals surface area contributed by atoms with E-state index in [0.717, 1.165) is 43.1 Å². The number of aromatic nitrogens is 2. The van der Waals surface area contributed by atoms with Crippen LogP contribution in [0.2, 0.25) is 0 Å². The lowest BCUT2D eigenvalue weighted by Gasteiger charge is -2.12. The molecule has 0 bridgehead atoms. The number of pyridine rings is 1. The van der Waals surface area contributed by atoms with E-state index in [9.17, 15) is 4.79 Å². The van der Waals surface area contributed by atoms with Gasteiger partial charge in [0.05, 0.1) is 39.8 Å². The molecule has 5 nitrogen and oxygen atoms in total. The summed E-state index contributed by atoms with van der Waals surface area (Å²) in [4.78, 5) is 22.5. The number of amides is 1. The highest BCUT2D eigenvalue weighted by Crippen LogP contribution is 2.34. The Morgan fingerprint density at radius 1 is 0.935 bits per heavy atom. The molecule has 0 aliphatic heterocycles. The van der Waals surface area contributed by atoms with Crippen molar-refractivity contribution < 1.29 is 9.53 Å². The standard InChI is InChI=1S/C25H19N3O2S/c1-15-19(14-16-13-17(30-2)11-12-20(16)26-15)24(29)27-21-8-4-3-7-18(21)25-28-22-9-5-6-10-23(22)31-25/h3-14H,1-2H3,(H,27,29). The molecule has 3 aromatic carbocycles. The highest BCUT2D eigenvalue weighted by molar-refractivity contribution is 7.21. The second kappa shape index (κ2) is 7.81. The molecule has 2 heterocycles. The molecular weight excluding hydrogens is 406 g/mol. The summed E-state index contributed by atoms with van der Waals surface area (Å²) in [5.74, 6) is 0.522. The van der Waals surface area contributed by atoms with Gasteiger partial charge < -0.3 is 10.1 Å². The van der Waals surface area contributed by atoms with Crippen molar-refractivity contribution in [1.82, 2.24) is 9.97 Å². The molecule has 5 aromatic rings. The van der Waals surface area contributed by atoms with Crippen LogP contribution in [0.5, 0.6) is 5.75 Å². The first-order valence-electron chi connectivity index (χ1n) is 9.84. The van der Waals surface area contributed by atoms with Crippen molar-refractivity contribution in [3.05, 3.63) is 84.1 Å². The van der Waals surface area contributed by atoms with Gasteiger partial charge in [-0.15, -0.1) is 11.3 Å². The topological polar surface area (TPSA) is 64.1 Å². The Balaban J connectivity index is 1.52. The fraction of sp³-hybridized carbons (Fsp3) is 0.0800. The van der Waals surface area contributed by atoms with E-state index in [0.29, 0.717) is 11.3 Å². The maximum absolute atomic E-state index is 13.2. The third-order valence-corrected chi connectivity index (χ3v) is 6.23. The fourth-order valence-electron chi connectivity index (χ4n) is 3.56. The van der Waals surface area contributed by atoms with E-state index >= 15 is 0 Å². The van der Waals surface area contributed by atoms with Gasteiger partial charge in [-0.3, -0.25) is 9.78 Å². The average molecular weight is 426 g/mol. The highest BCUT2D eigenvalue weighted by atomic mass is 32.1. The van der Waals surface area contributed by atoms with Gasteiger partial charge in [0, 0.05) is 10.9 Å². The van der Waals surface area contributed by atoms with Crippen LogP contribution in [0, 0.1) is 6.92 Å². The van der Waals surface area contributed by atoms with Gasteiger partial charge in [0.15, 0.2) is 0 Å². The molecule has 0 radical (unpaired) electrons. The van der Waals surface area contributed by atoms with Gasteiger partial charge >= 0.3 is 0 Å². The summed E-state index contributed by atoms with van der Waals surface area (Å²) < 4.78 is 6.42. The molecular formula is C25H19N3O2S. The Kier molecular flexibility index (Phi) is 4.84. The minimum Gasteiger partial charge on any atom is -0.497 e. The molecule has 0 saturated heterocycles. The van der Waals surface area contributed by atoms with Crippen molar-refractivity contribution in [1.29, 1.82) is 0 Å². The second-order valence-electron chi connectivity index (χ2n) is 7.17. The van der Waals surface area contributed by atoms with E-state index in [2.05, 4.69) is 16.4 Å². The molecule has 0 saturated carbocycles. The monoisotopic (exact) mass is 425 g/mol. The molecule has 0 spiro atoms. The number of carbonyl (C=O) groups excluding carboxylic acids is 1. The van der Waals surface area contributed by atoms with E-state index in [1.807, 2.05) is 73.7 Å². The minimum absolute atomic E-state index is 0.205. The summed E-state index contributed by atoms with van der Waals surface area (Å²) in [7, 11) is 1.62. The number of methoxy groups -OCH3 is 1. The number of thiazole rings is 1. The van der Waals surface area contributed by atoms with Crippen molar-refractivity contribution in [3.8, 4) is 16.3 Å². The van der Waals surface area contributed by atoms with Crippen LogP contribution < -0.4 is 10.1 Å². The number of para-hydroxylation sites is 2. The number of benzene rings is 3. The predicted octanol–water partition coefficient (Wildman–Crippen LogP) is 6.08. The van der Waals surface area contributed by atoms with Crippen molar-refractivity contribution in [3.63, 3.8) is 0 Å². The Hall–Kier alpha value is -3.77. The number of anilines is 1. The van der Waals surface area contributed by atoms with E-state index in [1.54, 1.807) is 18.4 Å². The largest absolute Gasteiger partial charge is 0.497 e. The molecule has 0 aliphatic rings. The molecule has 1 N–H and O–H groups in total. The van der Waals surface area contributed by atoms with Crippen LogP contribution >= 0.6 is 11.3 Å². The molecule has 2 aromatic heterocycles. The van der Waals surface area contributed by atoms with Crippen LogP contribution in [-0.2, 0) is 0 Å². The number of hydrogen-bond acceptors (Lipinski definition) is 5. The van der Waals surface area contributed by atoms with E-state index in [4.69, 9.17) is 9.72 Å². The van der Waals surface area contributed by atoms with Crippen molar-refractivity contribution in [2.24, 2.45) is 0 Å². The second-order valence-corrected chi connectivity index (χ2v) is 8.20. The number of rotatable bonds is 4. The molecule has 5 rings (SSSR count). The summed E-state index contributed by atoms with van der Waals surface area (Å²) >= 11 is 1.61. The summed E-state index contributed by atoms with van der Waals surface area (Å²) in [5, 5.41) is 4.79. The maximum atomic E-state index is 13.2.